The van der Waals surface area contributed by atoms with Crippen molar-refractivity contribution in [2.75, 3.05) is 0 Å². The Bertz CT molecular complexity index is 488. The Balaban J connectivity index is 2.80. The van der Waals surface area contributed by atoms with Crippen molar-refractivity contribution < 1.29 is 14.3 Å². The van der Waals surface area contributed by atoms with Gasteiger partial charge in [0.1, 0.15) is 11.2 Å². The molecular weight excluding hydrogens is 252 g/mol. The maximum atomic E-state index is 12.1. The molecule has 0 radical (unpaired) electrons. The number of esters is 1. The van der Waals surface area contributed by atoms with Gasteiger partial charge in [-0.1, -0.05) is 42.5 Å². The van der Waals surface area contributed by atoms with Crippen molar-refractivity contribution in [1.29, 1.82) is 0 Å². The quantitative estimate of drug-likeness (QED) is 0.587. The van der Waals surface area contributed by atoms with Crippen molar-refractivity contribution in [1.82, 2.24) is 0 Å². The smallest absolute Gasteiger partial charge is 0.319 e. The van der Waals surface area contributed by atoms with E-state index in [1.54, 1.807) is 20.8 Å². The molecule has 0 fully saturated rings. The third-order valence-corrected chi connectivity index (χ3v) is 3.21. The number of ketones is 1. The van der Waals surface area contributed by atoms with Crippen LogP contribution in [0.15, 0.2) is 36.4 Å². The second-order valence-electron chi connectivity index (χ2n) is 5.36. The zero-order chi connectivity index (χ0) is 15.2. The van der Waals surface area contributed by atoms with Crippen LogP contribution in [0.2, 0.25) is 0 Å². The summed E-state index contributed by atoms with van der Waals surface area (Å²) in [4.78, 5) is 23.9. The molecule has 108 valence electrons. The predicted octanol–water partition coefficient (Wildman–Crippen LogP) is 3.64. The monoisotopic (exact) mass is 274 g/mol. The highest BCUT2D eigenvalue weighted by Crippen LogP contribution is 2.26. The summed E-state index contributed by atoms with van der Waals surface area (Å²) in [5.41, 5.74) is -0.0779. The summed E-state index contributed by atoms with van der Waals surface area (Å²) in [5, 5.41) is 0. The molecule has 0 aromatic heterocycles. The number of hydrogen-bond donors (Lipinski definition) is 0. The standard InChI is InChI=1S/C17H22O3/c1-13(2)20-16(19)17(4,14(3)18)12-8-11-15-9-6-5-7-10-15/h5-11,13H,12H2,1-4H3/b11-8+/t17-/m0/s1. The van der Waals surface area contributed by atoms with Gasteiger partial charge in [0.2, 0.25) is 0 Å². The third-order valence-electron chi connectivity index (χ3n) is 3.21. The van der Waals surface area contributed by atoms with E-state index in [2.05, 4.69) is 0 Å². The first-order valence-corrected chi connectivity index (χ1v) is 6.80. The van der Waals surface area contributed by atoms with Gasteiger partial charge in [-0.2, -0.15) is 0 Å². The van der Waals surface area contributed by atoms with Gasteiger partial charge in [-0.15, -0.1) is 0 Å². The van der Waals surface area contributed by atoms with Crippen LogP contribution in [0.25, 0.3) is 6.08 Å². The number of carbonyl (C=O) groups excluding carboxylic acids is 2. The molecule has 0 aliphatic heterocycles. The first-order valence-electron chi connectivity index (χ1n) is 6.80. The molecule has 1 aromatic carbocycles. The number of rotatable bonds is 6. The first-order chi connectivity index (χ1) is 9.36. The number of Topliss-reactive ketones (excluding diaryl/α,β-unsaturated/α-hetero) is 1. The van der Waals surface area contributed by atoms with Gasteiger partial charge in [0, 0.05) is 0 Å². The average molecular weight is 274 g/mol. The SMILES string of the molecule is CC(=O)[C@](C)(C/C=C/c1ccccc1)C(=O)OC(C)C. The first kappa shape index (κ1) is 16.2. The number of ether oxygens (including phenoxy) is 1. The normalized spacial score (nSPS) is 14.2. The van der Waals surface area contributed by atoms with Gasteiger partial charge in [-0.05, 0) is 39.7 Å². The Morgan fingerprint density at radius 1 is 1.25 bits per heavy atom. The Morgan fingerprint density at radius 3 is 2.35 bits per heavy atom. The van der Waals surface area contributed by atoms with Gasteiger partial charge in [0.05, 0.1) is 6.10 Å². The molecule has 0 amide bonds. The third kappa shape index (κ3) is 4.34. The Labute approximate surface area is 120 Å². The Morgan fingerprint density at radius 2 is 1.85 bits per heavy atom. The lowest BCUT2D eigenvalue weighted by Crippen LogP contribution is -2.37. The number of allylic oxidation sites excluding steroid dienone is 1. The fourth-order valence-electron chi connectivity index (χ4n) is 1.71. The maximum absolute atomic E-state index is 12.1. The lowest BCUT2D eigenvalue weighted by Gasteiger charge is -2.24. The van der Waals surface area contributed by atoms with E-state index >= 15 is 0 Å². The van der Waals surface area contributed by atoms with E-state index in [-0.39, 0.29) is 11.9 Å². The predicted molar refractivity (Wildman–Crippen MR) is 80.1 cm³/mol. The highest BCUT2D eigenvalue weighted by molar-refractivity contribution is 6.02. The van der Waals surface area contributed by atoms with Gasteiger partial charge >= 0.3 is 5.97 Å². The van der Waals surface area contributed by atoms with Crippen LogP contribution in [-0.4, -0.2) is 17.9 Å². The van der Waals surface area contributed by atoms with Crippen molar-refractivity contribution in [2.45, 2.75) is 40.2 Å². The molecule has 1 atom stereocenters. The molecule has 1 aromatic rings. The topological polar surface area (TPSA) is 43.4 Å². The molecule has 0 aliphatic rings. The average Bonchev–Trinajstić information content (AvgIpc) is 2.38. The van der Waals surface area contributed by atoms with E-state index in [1.165, 1.54) is 6.92 Å². The van der Waals surface area contributed by atoms with Crippen LogP contribution in [0.1, 0.15) is 39.7 Å². The number of hydrogen-bond acceptors (Lipinski definition) is 3. The van der Waals surface area contributed by atoms with Crippen molar-refractivity contribution in [3.63, 3.8) is 0 Å². The van der Waals surface area contributed by atoms with Crippen LogP contribution >= 0.6 is 0 Å². The summed E-state index contributed by atoms with van der Waals surface area (Å²) in [5.74, 6) is -0.640. The molecule has 0 heterocycles. The van der Waals surface area contributed by atoms with E-state index < -0.39 is 11.4 Å². The second kappa shape index (κ2) is 7.04. The molecule has 3 nitrogen and oxygen atoms in total. The van der Waals surface area contributed by atoms with E-state index in [4.69, 9.17) is 4.74 Å². The molecule has 20 heavy (non-hydrogen) atoms. The number of carbonyl (C=O) groups is 2. The fraction of sp³-hybridized carbons (Fsp3) is 0.412. The minimum absolute atomic E-state index is 0.180. The highest BCUT2D eigenvalue weighted by Gasteiger charge is 2.39. The molecule has 1 rings (SSSR count). The Kier molecular flexibility index (Phi) is 5.68. The molecule has 0 spiro atoms. The van der Waals surface area contributed by atoms with Gasteiger partial charge in [-0.3, -0.25) is 9.59 Å². The minimum atomic E-state index is -1.12. The Hall–Kier alpha value is -1.90. The molecular formula is C17H22O3. The van der Waals surface area contributed by atoms with Gasteiger partial charge < -0.3 is 4.74 Å². The van der Waals surface area contributed by atoms with Gasteiger partial charge in [-0.25, -0.2) is 0 Å². The van der Waals surface area contributed by atoms with Crippen LogP contribution < -0.4 is 0 Å². The van der Waals surface area contributed by atoms with Crippen LogP contribution in [0.4, 0.5) is 0 Å². The van der Waals surface area contributed by atoms with Crippen molar-refractivity contribution in [2.24, 2.45) is 5.41 Å². The fourth-order valence-corrected chi connectivity index (χ4v) is 1.71. The van der Waals surface area contributed by atoms with Crippen LogP contribution in [-0.2, 0) is 14.3 Å². The van der Waals surface area contributed by atoms with E-state index in [1.807, 2.05) is 42.5 Å². The summed E-state index contributed by atoms with van der Waals surface area (Å²) in [6.07, 6.45) is 3.87. The molecule has 0 saturated heterocycles. The van der Waals surface area contributed by atoms with Gasteiger partial charge in [0.25, 0.3) is 0 Å². The largest absolute Gasteiger partial charge is 0.462 e. The van der Waals surface area contributed by atoms with E-state index in [0.29, 0.717) is 6.42 Å². The summed E-state index contributed by atoms with van der Waals surface area (Å²) in [7, 11) is 0. The zero-order valence-electron chi connectivity index (χ0n) is 12.6. The molecule has 0 N–H and O–H groups in total. The summed E-state index contributed by atoms with van der Waals surface area (Å²) in [6.45, 7) is 6.61. The zero-order valence-corrected chi connectivity index (χ0v) is 12.6. The molecule has 0 bridgehead atoms. The van der Waals surface area contributed by atoms with Crippen molar-refractivity contribution >= 4 is 17.8 Å². The van der Waals surface area contributed by atoms with Crippen molar-refractivity contribution in [3.05, 3.63) is 42.0 Å². The molecule has 0 saturated carbocycles. The maximum Gasteiger partial charge on any atom is 0.319 e. The number of benzene rings is 1. The lowest BCUT2D eigenvalue weighted by atomic mass is 9.82. The molecule has 3 heteroatoms. The van der Waals surface area contributed by atoms with Crippen molar-refractivity contribution in [3.8, 4) is 0 Å². The van der Waals surface area contributed by atoms with Crippen LogP contribution in [0, 0.1) is 5.41 Å². The molecule has 0 unspecified atom stereocenters. The summed E-state index contributed by atoms with van der Waals surface area (Å²) < 4.78 is 5.19. The second-order valence-corrected chi connectivity index (χ2v) is 5.36. The lowest BCUT2D eigenvalue weighted by molar-refractivity contribution is -0.162. The minimum Gasteiger partial charge on any atom is -0.462 e. The highest BCUT2D eigenvalue weighted by atomic mass is 16.5. The van der Waals surface area contributed by atoms with Crippen LogP contribution in [0.3, 0.4) is 0 Å². The van der Waals surface area contributed by atoms with Crippen LogP contribution in [0.5, 0.6) is 0 Å². The van der Waals surface area contributed by atoms with E-state index in [0.717, 1.165) is 5.56 Å². The summed E-state index contributed by atoms with van der Waals surface area (Å²) in [6, 6.07) is 9.76. The molecule has 0 aliphatic carbocycles. The van der Waals surface area contributed by atoms with E-state index in [9.17, 15) is 9.59 Å². The summed E-state index contributed by atoms with van der Waals surface area (Å²) >= 11 is 0. The van der Waals surface area contributed by atoms with Gasteiger partial charge in [0.15, 0.2) is 0 Å².